The smallest absolute Gasteiger partial charge is 0.273 e. The molecule has 0 radical (unpaired) electrons. The summed E-state index contributed by atoms with van der Waals surface area (Å²) in [7, 11) is 3.14. The molecule has 36 heavy (non-hydrogen) atoms. The molecule has 9 heteroatoms. The van der Waals surface area contributed by atoms with Crippen LogP contribution in [0.2, 0.25) is 0 Å². The molecule has 2 atom stereocenters. The van der Waals surface area contributed by atoms with Crippen molar-refractivity contribution in [3.8, 4) is 11.3 Å². The van der Waals surface area contributed by atoms with Gasteiger partial charge in [-0.3, -0.25) is 23.9 Å². The maximum atomic E-state index is 13.6. The van der Waals surface area contributed by atoms with Gasteiger partial charge in [0.2, 0.25) is 0 Å². The second kappa shape index (κ2) is 9.52. The molecule has 0 spiro atoms. The lowest BCUT2D eigenvalue weighted by molar-refractivity contribution is 0.0139. The molecule has 2 aromatic heterocycles. The Morgan fingerprint density at radius 1 is 1.14 bits per heavy atom. The zero-order valence-electron chi connectivity index (χ0n) is 21.0. The largest absolute Gasteiger partial charge is 0.343 e. The Morgan fingerprint density at radius 3 is 2.44 bits per heavy atom. The molecule has 190 valence electrons. The number of aromatic amines is 1. The summed E-state index contributed by atoms with van der Waals surface area (Å²) in [6, 6.07) is 9.22. The van der Waals surface area contributed by atoms with Crippen molar-refractivity contribution in [1.29, 1.82) is 0 Å². The molecule has 0 bridgehead atoms. The van der Waals surface area contributed by atoms with E-state index in [1.165, 1.54) is 53.5 Å². The lowest BCUT2D eigenvalue weighted by atomic mass is 9.84. The standard InChI is InChI=1S/C27H32FN5O3/c1-16-20(14-28)15-32(16)26(35)23-24(27(36)31(2)3)30-33-22(34)13-21(29-25(23)33)19-11-9-18(10-12-19)17-7-5-4-6-8-17/h9-13,16-17,20,30H,4-8,14-15H2,1-3H3. The van der Waals surface area contributed by atoms with Gasteiger partial charge in [0.25, 0.3) is 17.4 Å². The summed E-state index contributed by atoms with van der Waals surface area (Å²) >= 11 is 0. The maximum Gasteiger partial charge on any atom is 0.273 e. The number of nitrogens with zero attached hydrogens (tertiary/aromatic N) is 4. The summed E-state index contributed by atoms with van der Waals surface area (Å²) in [5, 5.41) is 2.80. The van der Waals surface area contributed by atoms with Crippen LogP contribution >= 0.6 is 0 Å². The molecule has 3 aromatic rings. The van der Waals surface area contributed by atoms with E-state index in [0.717, 1.165) is 10.1 Å². The number of carbonyl (C=O) groups excluding carboxylic acids is 2. The zero-order valence-corrected chi connectivity index (χ0v) is 21.0. The van der Waals surface area contributed by atoms with Crippen LogP contribution in [0.5, 0.6) is 0 Å². The van der Waals surface area contributed by atoms with Crippen LogP contribution in [-0.4, -0.2) is 69.6 Å². The Kier molecular flexibility index (Phi) is 6.40. The van der Waals surface area contributed by atoms with Crippen LogP contribution in [-0.2, 0) is 0 Å². The van der Waals surface area contributed by atoms with Crippen molar-refractivity contribution in [1.82, 2.24) is 24.4 Å². The van der Waals surface area contributed by atoms with Gasteiger partial charge in [0.15, 0.2) is 5.65 Å². The van der Waals surface area contributed by atoms with Crippen LogP contribution in [0.1, 0.15) is 71.4 Å². The Hall–Kier alpha value is -3.49. The van der Waals surface area contributed by atoms with Crippen molar-refractivity contribution in [2.24, 2.45) is 5.92 Å². The fourth-order valence-electron chi connectivity index (χ4n) is 5.41. The van der Waals surface area contributed by atoms with E-state index in [2.05, 4.69) is 22.2 Å². The maximum absolute atomic E-state index is 13.6. The van der Waals surface area contributed by atoms with E-state index in [1.54, 1.807) is 21.0 Å². The zero-order chi connectivity index (χ0) is 25.6. The third-order valence-electron chi connectivity index (χ3n) is 7.80. The molecule has 3 heterocycles. The van der Waals surface area contributed by atoms with Crippen molar-refractivity contribution in [2.45, 2.75) is 51.0 Å². The Balaban J connectivity index is 1.58. The van der Waals surface area contributed by atoms with E-state index in [9.17, 15) is 18.8 Å². The van der Waals surface area contributed by atoms with Crippen LogP contribution in [0, 0.1) is 5.92 Å². The highest BCUT2D eigenvalue weighted by atomic mass is 19.1. The van der Waals surface area contributed by atoms with Crippen molar-refractivity contribution < 1.29 is 14.0 Å². The van der Waals surface area contributed by atoms with Gasteiger partial charge >= 0.3 is 0 Å². The molecule has 1 N–H and O–H groups in total. The highest BCUT2D eigenvalue weighted by molar-refractivity contribution is 6.10. The minimum absolute atomic E-state index is 0.00436. The number of alkyl halides is 1. The third kappa shape index (κ3) is 4.10. The van der Waals surface area contributed by atoms with Crippen molar-refractivity contribution in [3.05, 3.63) is 57.5 Å². The summed E-state index contributed by atoms with van der Waals surface area (Å²) in [4.78, 5) is 47.1. The predicted molar refractivity (Wildman–Crippen MR) is 135 cm³/mol. The number of nitrogens with one attached hydrogen (secondary N) is 1. The van der Waals surface area contributed by atoms with Crippen molar-refractivity contribution in [3.63, 3.8) is 0 Å². The van der Waals surface area contributed by atoms with E-state index in [0.29, 0.717) is 11.6 Å². The van der Waals surface area contributed by atoms with Gasteiger partial charge in [-0.1, -0.05) is 43.5 Å². The average molecular weight is 494 g/mol. The molecule has 1 aliphatic carbocycles. The van der Waals surface area contributed by atoms with Gasteiger partial charge in [-0.15, -0.1) is 0 Å². The van der Waals surface area contributed by atoms with Gasteiger partial charge in [0.1, 0.15) is 11.3 Å². The first-order chi connectivity index (χ1) is 17.3. The first-order valence-electron chi connectivity index (χ1n) is 12.6. The molecule has 2 amide bonds. The fourth-order valence-corrected chi connectivity index (χ4v) is 5.41. The van der Waals surface area contributed by atoms with Gasteiger partial charge in [0, 0.05) is 44.2 Å². The molecule has 1 aliphatic heterocycles. The second-order valence-electron chi connectivity index (χ2n) is 10.3. The topological polar surface area (TPSA) is 90.8 Å². The van der Waals surface area contributed by atoms with E-state index in [-0.39, 0.29) is 35.4 Å². The molecule has 5 rings (SSSR count). The van der Waals surface area contributed by atoms with E-state index in [1.807, 2.05) is 12.1 Å². The van der Waals surface area contributed by atoms with Crippen molar-refractivity contribution in [2.75, 3.05) is 27.3 Å². The first-order valence-corrected chi connectivity index (χ1v) is 12.6. The van der Waals surface area contributed by atoms with Crippen LogP contribution in [0.15, 0.2) is 35.1 Å². The third-order valence-corrected chi connectivity index (χ3v) is 7.80. The number of amides is 2. The SMILES string of the molecule is CC1C(CF)CN1C(=O)c1c(C(=O)N(C)C)[nH]n2c(=O)cc(-c3ccc(C4CCCCC4)cc3)nc12. The summed E-state index contributed by atoms with van der Waals surface area (Å²) in [5.74, 6) is -0.556. The first kappa shape index (κ1) is 24.2. The van der Waals surface area contributed by atoms with Crippen LogP contribution in [0.3, 0.4) is 0 Å². The number of hydrogen-bond donors (Lipinski definition) is 1. The number of benzene rings is 1. The number of aromatic nitrogens is 3. The van der Waals surface area contributed by atoms with Crippen molar-refractivity contribution >= 4 is 17.5 Å². The lowest BCUT2D eigenvalue weighted by Crippen LogP contribution is -2.58. The number of halogens is 1. The summed E-state index contributed by atoms with van der Waals surface area (Å²) < 4.78 is 14.4. The van der Waals surface area contributed by atoms with Gasteiger partial charge < -0.3 is 9.80 Å². The monoisotopic (exact) mass is 493 g/mol. The van der Waals surface area contributed by atoms with E-state index in [4.69, 9.17) is 0 Å². The van der Waals surface area contributed by atoms with Crippen LogP contribution in [0.4, 0.5) is 4.39 Å². The molecular weight excluding hydrogens is 461 g/mol. The molecule has 1 aromatic carbocycles. The van der Waals surface area contributed by atoms with Crippen LogP contribution in [0.25, 0.3) is 16.9 Å². The quantitative estimate of drug-likeness (QED) is 0.584. The Bertz CT molecular complexity index is 1350. The number of H-pyrrole nitrogens is 1. The number of rotatable bonds is 5. The highest BCUT2D eigenvalue weighted by Gasteiger charge is 2.41. The highest BCUT2D eigenvalue weighted by Crippen LogP contribution is 2.34. The molecule has 1 saturated carbocycles. The van der Waals surface area contributed by atoms with Gasteiger partial charge in [-0.2, -0.15) is 0 Å². The number of hydrogen-bond acceptors (Lipinski definition) is 4. The van der Waals surface area contributed by atoms with Gasteiger partial charge in [-0.05, 0) is 31.2 Å². The van der Waals surface area contributed by atoms with E-state index >= 15 is 0 Å². The summed E-state index contributed by atoms with van der Waals surface area (Å²) in [6.07, 6.45) is 6.19. The Labute approximate surface area is 209 Å². The number of fused-ring (bicyclic) bond motifs is 1. The van der Waals surface area contributed by atoms with Gasteiger partial charge in [-0.25, -0.2) is 9.50 Å². The summed E-state index contributed by atoms with van der Waals surface area (Å²) in [6.45, 7) is 1.53. The molecule has 2 aliphatic rings. The molecular formula is C27H32FN5O3. The lowest BCUT2D eigenvalue weighted by Gasteiger charge is -2.45. The Morgan fingerprint density at radius 2 is 1.83 bits per heavy atom. The minimum Gasteiger partial charge on any atom is -0.343 e. The van der Waals surface area contributed by atoms with Crippen LogP contribution < -0.4 is 5.56 Å². The van der Waals surface area contributed by atoms with Gasteiger partial charge in [0.05, 0.1) is 12.4 Å². The molecule has 2 fully saturated rings. The van der Waals surface area contributed by atoms with E-state index < -0.39 is 24.0 Å². The second-order valence-corrected chi connectivity index (χ2v) is 10.3. The minimum atomic E-state index is -0.513. The molecule has 2 unspecified atom stereocenters. The average Bonchev–Trinajstić information content (AvgIpc) is 3.28. The summed E-state index contributed by atoms with van der Waals surface area (Å²) in [5.41, 5.74) is 2.21. The normalized spacial score (nSPS) is 20.4. The molecule has 8 nitrogen and oxygen atoms in total. The molecule has 1 saturated heterocycles. The predicted octanol–water partition coefficient (Wildman–Crippen LogP) is 3.87. The fraction of sp³-hybridized carbons (Fsp3) is 0.481. The number of likely N-dealkylation sites (tertiary alicyclic amines) is 1. The number of carbonyl (C=O) groups is 2.